The van der Waals surface area contributed by atoms with Crippen LogP contribution in [0, 0.1) is 5.92 Å². The number of nitrogens with one attached hydrogen (secondary N) is 2. The van der Waals surface area contributed by atoms with Crippen molar-refractivity contribution in [3.63, 3.8) is 0 Å². The molecule has 2 atom stereocenters. The minimum atomic E-state index is -1.08. The summed E-state index contributed by atoms with van der Waals surface area (Å²) in [5.74, 6) is -1.67. The Morgan fingerprint density at radius 1 is 1.17 bits per heavy atom. The topological polar surface area (TPSA) is 125 Å². The third kappa shape index (κ3) is 5.71. The standard InChI is InChI=1S/C25H31N5O5/c1-6-15(2)21(25(33)34)28-24(32)17-11-12-30-19(13-17)27-22(23(30)26-14-20(31)35-5)16-7-9-18(10-8-16)29(3)4/h7-13,15,21,26H,6,14H2,1-5H3,(H,28,32)(H,33,34). The smallest absolute Gasteiger partial charge is 0.326 e. The average molecular weight is 482 g/mol. The second kappa shape index (κ2) is 10.9. The largest absolute Gasteiger partial charge is 0.480 e. The molecule has 3 rings (SSSR count). The molecule has 0 aliphatic heterocycles. The number of carbonyl (C=O) groups is 3. The maximum atomic E-state index is 12.8. The van der Waals surface area contributed by atoms with Crippen LogP contribution in [0.2, 0.25) is 0 Å². The minimum Gasteiger partial charge on any atom is -0.480 e. The van der Waals surface area contributed by atoms with E-state index in [0.717, 1.165) is 11.3 Å². The van der Waals surface area contributed by atoms with Crippen LogP contribution >= 0.6 is 0 Å². The summed E-state index contributed by atoms with van der Waals surface area (Å²) in [6.45, 7) is 3.59. The first-order chi connectivity index (χ1) is 16.7. The van der Waals surface area contributed by atoms with E-state index < -0.39 is 23.9 Å². The summed E-state index contributed by atoms with van der Waals surface area (Å²) in [5, 5.41) is 15.2. The number of carboxylic acids is 1. The zero-order valence-corrected chi connectivity index (χ0v) is 20.5. The van der Waals surface area contributed by atoms with Gasteiger partial charge in [0.05, 0.1) is 7.11 Å². The highest BCUT2D eigenvalue weighted by atomic mass is 16.5. The van der Waals surface area contributed by atoms with Gasteiger partial charge in [0.25, 0.3) is 5.91 Å². The predicted molar refractivity (Wildman–Crippen MR) is 134 cm³/mol. The number of amides is 1. The molecule has 1 amide bonds. The maximum Gasteiger partial charge on any atom is 0.326 e. The summed E-state index contributed by atoms with van der Waals surface area (Å²) < 4.78 is 6.48. The number of methoxy groups -OCH3 is 1. The van der Waals surface area contributed by atoms with E-state index >= 15 is 0 Å². The molecule has 2 unspecified atom stereocenters. The number of pyridine rings is 1. The highest BCUT2D eigenvalue weighted by Crippen LogP contribution is 2.30. The minimum absolute atomic E-state index is 0.0650. The molecule has 0 aliphatic rings. The van der Waals surface area contributed by atoms with E-state index in [1.54, 1.807) is 29.7 Å². The quantitative estimate of drug-likeness (QED) is 0.378. The fourth-order valence-electron chi connectivity index (χ4n) is 3.61. The van der Waals surface area contributed by atoms with Crippen molar-refractivity contribution in [1.82, 2.24) is 14.7 Å². The first-order valence-corrected chi connectivity index (χ1v) is 11.3. The van der Waals surface area contributed by atoms with Crippen LogP contribution in [0.3, 0.4) is 0 Å². The van der Waals surface area contributed by atoms with Crippen LogP contribution in [0.5, 0.6) is 0 Å². The van der Waals surface area contributed by atoms with Crippen molar-refractivity contribution in [3.8, 4) is 11.3 Å². The van der Waals surface area contributed by atoms with E-state index in [-0.39, 0.29) is 18.0 Å². The van der Waals surface area contributed by atoms with Gasteiger partial charge in [-0.3, -0.25) is 14.0 Å². The summed E-state index contributed by atoms with van der Waals surface area (Å²) in [5.41, 5.74) is 3.19. The Morgan fingerprint density at radius 2 is 1.86 bits per heavy atom. The highest BCUT2D eigenvalue weighted by Gasteiger charge is 2.26. The molecule has 0 aliphatic carbocycles. The lowest BCUT2D eigenvalue weighted by molar-refractivity contribution is -0.140. The fourth-order valence-corrected chi connectivity index (χ4v) is 3.61. The van der Waals surface area contributed by atoms with Gasteiger partial charge in [-0.25, -0.2) is 9.78 Å². The van der Waals surface area contributed by atoms with Crippen LogP contribution < -0.4 is 15.5 Å². The lowest BCUT2D eigenvalue weighted by Crippen LogP contribution is -2.45. The molecule has 0 spiro atoms. The molecule has 2 heterocycles. The third-order valence-corrected chi connectivity index (χ3v) is 5.94. The average Bonchev–Trinajstić information content (AvgIpc) is 3.22. The van der Waals surface area contributed by atoms with Crippen LogP contribution in [0.25, 0.3) is 16.9 Å². The zero-order chi connectivity index (χ0) is 25.7. The summed E-state index contributed by atoms with van der Waals surface area (Å²) in [6, 6.07) is 9.96. The van der Waals surface area contributed by atoms with Gasteiger partial charge in [-0.05, 0) is 30.2 Å². The van der Waals surface area contributed by atoms with Gasteiger partial charge < -0.3 is 25.4 Å². The van der Waals surface area contributed by atoms with E-state index in [1.165, 1.54) is 7.11 Å². The molecule has 1 aromatic carbocycles. The van der Waals surface area contributed by atoms with Crippen molar-refractivity contribution in [2.75, 3.05) is 38.0 Å². The number of nitrogens with zero attached hydrogens (tertiary/aromatic N) is 3. The van der Waals surface area contributed by atoms with Gasteiger partial charge in [-0.15, -0.1) is 0 Å². The van der Waals surface area contributed by atoms with E-state index in [0.29, 0.717) is 23.6 Å². The SMILES string of the molecule is CCC(C)C(NC(=O)c1ccn2c(NCC(=O)OC)c(-c3ccc(N(C)C)cc3)nc2c1)C(=O)O. The maximum absolute atomic E-state index is 12.8. The van der Waals surface area contributed by atoms with Crippen molar-refractivity contribution in [1.29, 1.82) is 0 Å². The van der Waals surface area contributed by atoms with Crippen molar-refractivity contribution < 1.29 is 24.2 Å². The number of hydrogen-bond acceptors (Lipinski definition) is 7. The predicted octanol–water partition coefficient (Wildman–Crippen LogP) is 2.88. The van der Waals surface area contributed by atoms with Crippen molar-refractivity contribution in [2.24, 2.45) is 5.92 Å². The molecule has 0 saturated heterocycles. The molecule has 10 heteroatoms. The van der Waals surface area contributed by atoms with E-state index in [9.17, 15) is 19.5 Å². The van der Waals surface area contributed by atoms with Crippen molar-refractivity contribution in [2.45, 2.75) is 26.3 Å². The molecule has 2 aromatic heterocycles. The number of carbonyl (C=O) groups excluding carboxylic acids is 2. The number of aromatic nitrogens is 2. The van der Waals surface area contributed by atoms with Gasteiger partial charge in [0.1, 0.15) is 29.7 Å². The van der Waals surface area contributed by atoms with E-state index in [2.05, 4.69) is 10.6 Å². The second-order valence-electron chi connectivity index (χ2n) is 8.50. The number of rotatable bonds is 10. The molecule has 3 N–H and O–H groups in total. The van der Waals surface area contributed by atoms with Gasteiger partial charge >= 0.3 is 11.9 Å². The second-order valence-corrected chi connectivity index (χ2v) is 8.50. The summed E-state index contributed by atoms with van der Waals surface area (Å²) in [4.78, 5) is 42.9. The van der Waals surface area contributed by atoms with Crippen molar-refractivity contribution in [3.05, 3.63) is 48.2 Å². The number of ether oxygens (including phenoxy) is 1. The Balaban J connectivity index is 2.01. The number of aliphatic carboxylic acids is 1. The molecule has 0 radical (unpaired) electrons. The van der Waals surface area contributed by atoms with Gasteiger partial charge in [0.2, 0.25) is 0 Å². The third-order valence-electron chi connectivity index (χ3n) is 5.94. The number of carboxylic acid groups (broad SMARTS) is 1. The summed E-state index contributed by atoms with van der Waals surface area (Å²) >= 11 is 0. The molecule has 0 bridgehead atoms. The molecule has 10 nitrogen and oxygen atoms in total. The van der Waals surface area contributed by atoms with Crippen LogP contribution in [-0.2, 0) is 14.3 Å². The Bertz CT molecular complexity index is 1220. The van der Waals surface area contributed by atoms with Crippen LogP contribution in [0.15, 0.2) is 42.6 Å². The Morgan fingerprint density at radius 3 is 2.43 bits per heavy atom. The normalized spacial score (nSPS) is 12.6. The highest BCUT2D eigenvalue weighted by molar-refractivity contribution is 5.97. The molecule has 0 saturated carbocycles. The lowest BCUT2D eigenvalue weighted by Gasteiger charge is -2.20. The van der Waals surface area contributed by atoms with Crippen LogP contribution in [0.4, 0.5) is 11.5 Å². The fraction of sp³-hybridized carbons (Fsp3) is 0.360. The van der Waals surface area contributed by atoms with Crippen molar-refractivity contribution >= 4 is 35.0 Å². The Hall–Kier alpha value is -4.08. The van der Waals surface area contributed by atoms with Crippen LogP contribution in [-0.4, -0.2) is 66.1 Å². The monoisotopic (exact) mass is 481 g/mol. The summed E-state index contributed by atoms with van der Waals surface area (Å²) in [6.07, 6.45) is 2.27. The first kappa shape index (κ1) is 25.5. The van der Waals surface area contributed by atoms with Gasteiger partial charge in [-0.2, -0.15) is 0 Å². The Labute approximate surface area is 203 Å². The lowest BCUT2D eigenvalue weighted by atomic mass is 9.99. The van der Waals surface area contributed by atoms with Gasteiger partial charge in [-0.1, -0.05) is 32.4 Å². The number of imidazole rings is 1. The number of hydrogen-bond donors (Lipinski definition) is 3. The van der Waals surface area contributed by atoms with Gasteiger partial charge in [0, 0.05) is 37.1 Å². The summed E-state index contributed by atoms with van der Waals surface area (Å²) in [7, 11) is 5.21. The molecule has 35 heavy (non-hydrogen) atoms. The molecule has 0 fully saturated rings. The molecular weight excluding hydrogens is 450 g/mol. The molecule has 3 aromatic rings. The zero-order valence-electron chi connectivity index (χ0n) is 20.5. The number of anilines is 2. The number of benzene rings is 1. The molecule has 186 valence electrons. The van der Waals surface area contributed by atoms with E-state index in [1.807, 2.05) is 50.2 Å². The Kier molecular flexibility index (Phi) is 7.95. The molecular formula is C25H31N5O5. The van der Waals surface area contributed by atoms with E-state index in [4.69, 9.17) is 9.72 Å². The van der Waals surface area contributed by atoms with Crippen LogP contribution in [0.1, 0.15) is 30.6 Å². The number of fused-ring (bicyclic) bond motifs is 1. The first-order valence-electron chi connectivity index (χ1n) is 11.3. The van der Waals surface area contributed by atoms with Gasteiger partial charge in [0.15, 0.2) is 0 Å². The number of esters is 1.